The highest BCUT2D eigenvalue weighted by Gasteiger charge is 2.36. The summed E-state index contributed by atoms with van der Waals surface area (Å²) >= 11 is -0.0799. The summed E-state index contributed by atoms with van der Waals surface area (Å²) in [6, 6.07) is 10.4. The van der Waals surface area contributed by atoms with E-state index in [2.05, 4.69) is 51.3 Å². The number of hydrogen-bond acceptors (Lipinski definition) is 4. The van der Waals surface area contributed by atoms with Gasteiger partial charge in [-0.1, -0.05) is 39.0 Å². The predicted octanol–water partition coefficient (Wildman–Crippen LogP) is 3.32. The number of benzene rings is 1. The normalized spacial score (nSPS) is 14.0. The van der Waals surface area contributed by atoms with Crippen molar-refractivity contribution in [2.75, 3.05) is 12.9 Å². The lowest BCUT2D eigenvalue weighted by Gasteiger charge is -2.15. The van der Waals surface area contributed by atoms with Gasteiger partial charge < -0.3 is 4.55 Å². The second-order valence-electron chi connectivity index (χ2n) is 5.49. The minimum atomic E-state index is -6.09. The summed E-state index contributed by atoms with van der Waals surface area (Å²) in [7, 11) is -6.09. The third kappa shape index (κ3) is 9.29. The van der Waals surface area contributed by atoms with Crippen molar-refractivity contribution in [2.45, 2.75) is 31.2 Å². The molecule has 0 bridgehead atoms. The monoisotopic (exact) mass is 360 g/mol. The zero-order valence-corrected chi connectivity index (χ0v) is 14.3. The maximum atomic E-state index is 10.7. The molecular weight excluding hydrogens is 341 g/mol. The maximum Gasteiger partial charge on any atom is 0.485 e. The van der Waals surface area contributed by atoms with Crippen molar-refractivity contribution < 1.29 is 30.3 Å². The highest BCUT2D eigenvalue weighted by atomic mass is 32.2. The Balaban J connectivity index is 0.000000472. The van der Waals surface area contributed by atoms with Gasteiger partial charge in [0.25, 0.3) is 0 Å². The first-order valence-corrected chi connectivity index (χ1v) is 9.07. The number of alkyl halides is 3. The Bertz CT molecular complexity index is 537. The molecule has 0 aliphatic rings. The zero-order valence-electron chi connectivity index (χ0n) is 12.7. The highest BCUT2D eigenvalue weighted by Crippen LogP contribution is 2.20. The van der Waals surface area contributed by atoms with Gasteiger partial charge in [0.15, 0.2) is 26.2 Å². The molecule has 0 fully saturated rings. The van der Waals surface area contributed by atoms with E-state index in [9.17, 15) is 13.2 Å². The molecule has 9 heteroatoms. The minimum Gasteiger partial charge on any atom is -0.741 e. The van der Waals surface area contributed by atoms with Crippen LogP contribution in [0.3, 0.4) is 0 Å². The van der Waals surface area contributed by atoms with Crippen LogP contribution in [0.4, 0.5) is 13.2 Å². The molecule has 1 unspecified atom stereocenters. The van der Waals surface area contributed by atoms with Crippen molar-refractivity contribution in [3.05, 3.63) is 30.3 Å². The van der Waals surface area contributed by atoms with Crippen LogP contribution in [0.2, 0.25) is 0 Å². The smallest absolute Gasteiger partial charge is 0.485 e. The molecule has 1 atom stereocenters. The molecule has 1 aromatic rings. The van der Waals surface area contributed by atoms with E-state index in [1.807, 2.05) is 6.07 Å². The van der Waals surface area contributed by atoms with Gasteiger partial charge in [0.05, 0.1) is 0 Å². The van der Waals surface area contributed by atoms with Crippen LogP contribution in [0, 0.1) is 5.41 Å². The van der Waals surface area contributed by atoms with Crippen molar-refractivity contribution in [2.24, 2.45) is 5.41 Å². The van der Waals surface area contributed by atoms with Crippen LogP contribution >= 0.6 is 0 Å². The van der Waals surface area contributed by atoms with Gasteiger partial charge in [-0.05, 0) is 17.5 Å². The average molecular weight is 360 g/mol. The molecule has 1 aromatic carbocycles. The van der Waals surface area contributed by atoms with E-state index in [0.29, 0.717) is 0 Å². The molecule has 0 N–H and O–H groups in total. The van der Waals surface area contributed by atoms with Gasteiger partial charge in [-0.25, -0.2) is 8.42 Å². The Morgan fingerprint density at radius 1 is 1.14 bits per heavy atom. The van der Waals surface area contributed by atoms with Gasteiger partial charge in [0.2, 0.25) is 0 Å². The van der Waals surface area contributed by atoms with Crippen molar-refractivity contribution in [3.8, 4) is 0 Å². The van der Waals surface area contributed by atoms with Crippen LogP contribution in [0.25, 0.3) is 0 Å². The SMILES string of the molecule is C[S+](OCC(C)(C)C)c1ccccc1.O=S(=O)([O-])C(F)(F)F. The largest absolute Gasteiger partial charge is 0.741 e. The molecular formula is C13H19F3O4S2. The van der Waals surface area contributed by atoms with Gasteiger partial charge >= 0.3 is 5.51 Å². The second kappa shape index (κ2) is 8.19. The van der Waals surface area contributed by atoms with Gasteiger partial charge in [0, 0.05) is 0 Å². The van der Waals surface area contributed by atoms with Crippen molar-refractivity contribution in [3.63, 3.8) is 0 Å². The molecule has 1 rings (SSSR count). The maximum absolute atomic E-state index is 10.7. The van der Waals surface area contributed by atoms with Crippen LogP contribution in [-0.2, 0) is 25.5 Å². The van der Waals surface area contributed by atoms with E-state index >= 15 is 0 Å². The quantitative estimate of drug-likeness (QED) is 0.471. The molecule has 0 aliphatic carbocycles. The first kappa shape index (κ1) is 21.2. The first-order chi connectivity index (χ1) is 9.74. The van der Waals surface area contributed by atoms with Gasteiger partial charge in [0.1, 0.15) is 12.9 Å². The van der Waals surface area contributed by atoms with E-state index in [1.165, 1.54) is 4.90 Å². The first-order valence-electron chi connectivity index (χ1n) is 6.10. The lowest BCUT2D eigenvalue weighted by atomic mass is 9.99. The standard InChI is InChI=1S/C12H19OS.CHF3O3S/c1-12(2,3)10-13-14(4)11-8-6-5-7-9-11;2-1(3,4)8(5,6)7/h5-9H,10H2,1-4H3;(H,5,6,7)/q+1;/p-1. The number of halogens is 3. The molecule has 4 nitrogen and oxygen atoms in total. The average Bonchev–Trinajstić information content (AvgIpc) is 2.34. The van der Waals surface area contributed by atoms with Crippen molar-refractivity contribution in [1.82, 2.24) is 0 Å². The molecule has 0 aliphatic heterocycles. The van der Waals surface area contributed by atoms with E-state index in [4.69, 9.17) is 17.2 Å². The Kier molecular flexibility index (Phi) is 7.90. The summed E-state index contributed by atoms with van der Waals surface area (Å²) < 4.78 is 64.7. The fourth-order valence-corrected chi connectivity index (χ4v) is 2.15. The molecule has 0 saturated carbocycles. The Morgan fingerprint density at radius 3 is 1.86 bits per heavy atom. The second-order valence-corrected chi connectivity index (χ2v) is 8.48. The van der Waals surface area contributed by atoms with Crippen molar-refractivity contribution in [1.29, 1.82) is 0 Å². The summed E-state index contributed by atoms with van der Waals surface area (Å²) in [6.07, 6.45) is 2.13. The Morgan fingerprint density at radius 2 is 1.55 bits per heavy atom. The van der Waals surface area contributed by atoms with Crippen LogP contribution < -0.4 is 0 Å². The van der Waals surface area contributed by atoms with Crippen LogP contribution in [0.1, 0.15) is 20.8 Å². The fraction of sp³-hybridized carbons (Fsp3) is 0.538. The number of hydrogen-bond donors (Lipinski definition) is 0. The summed E-state index contributed by atoms with van der Waals surface area (Å²) in [5, 5.41) is 0. The summed E-state index contributed by atoms with van der Waals surface area (Å²) in [4.78, 5) is 1.27. The zero-order chi connectivity index (χ0) is 17.6. The van der Waals surface area contributed by atoms with Crippen LogP contribution in [-0.4, -0.2) is 31.3 Å². The highest BCUT2D eigenvalue weighted by molar-refractivity contribution is 7.91. The molecule has 0 heterocycles. The molecule has 0 amide bonds. The predicted molar refractivity (Wildman–Crippen MR) is 79.2 cm³/mol. The topological polar surface area (TPSA) is 66.4 Å². The van der Waals surface area contributed by atoms with Gasteiger partial charge in [-0.15, -0.1) is 0 Å². The van der Waals surface area contributed by atoms with Crippen LogP contribution in [0.5, 0.6) is 0 Å². The third-order valence-electron chi connectivity index (χ3n) is 2.03. The van der Waals surface area contributed by atoms with E-state index < -0.39 is 15.6 Å². The Hall–Kier alpha value is -0.770. The van der Waals surface area contributed by atoms with E-state index in [1.54, 1.807) is 0 Å². The molecule has 0 saturated heterocycles. The van der Waals surface area contributed by atoms with E-state index in [-0.39, 0.29) is 16.6 Å². The summed E-state index contributed by atoms with van der Waals surface area (Å²) in [5.74, 6) is 0. The fourth-order valence-electron chi connectivity index (χ4n) is 0.945. The third-order valence-corrected chi connectivity index (χ3v) is 4.00. The molecule has 0 aromatic heterocycles. The van der Waals surface area contributed by atoms with E-state index in [0.717, 1.165) is 6.61 Å². The minimum absolute atomic E-state index is 0.0799. The molecule has 128 valence electrons. The molecule has 0 radical (unpaired) electrons. The summed E-state index contributed by atoms with van der Waals surface area (Å²) in [5.41, 5.74) is -5.40. The van der Waals surface area contributed by atoms with Gasteiger partial charge in [-0.3, -0.25) is 0 Å². The van der Waals surface area contributed by atoms with Gasteiger partial charge in [-0.2, -0.15) is 17.4 Å². The van der Waals surface area contributed by atoms with Crippen molar-refractivity contribution >= 4 is 21.3 Å². The Labute approximate surface area is 132 Å². The summed E-state index contributed by atoms with van der Waals surface area (Å²) in [6.45, 7) is 7.38. The molecule has 0 spiro atoms. The van der Waals surface area contributed by atoms with Crippen LogP contribution in [0.15, 0.2) is 35.2 Å². The molecule has 22 heavy (non-hydrogen) atoms. The number of rotatable bonds is 3. The lowest BCUT2D eigenvalue weighted by Crippen LogP contribution is -2.21. The lowest BCUT2D eigenvalue weighted by molar-refractivity contribution is -0.0517.